The van der Waals surface area contributed by atoms with Crippen molar-refractivity contribution in [3.63, 3.8) is 0 Å². The van der Waals surface area contributed by atoms with Gasteiger partial charge in [-0.15, -0.1) is 0 Å². The lowest BCUT2D eigenvalue weighted by molar-refractivity contribution is -0.131. The number of benzene rings is 1. The first kappa shape index (κ1) is 12.1. The van der Waals surface area contributed by atoms with E-state index in [0.717, 1.165) is 31.5 Å². The third-order valence-corrected chi connectivity index (χ3v) is 3.31. The first-order valence-electron chi connectivity index (χ1n) is 6.27. The predicted molar refractivity (Wildman–Crippen MR) is 68.7 cm³/mol. The molecule has 0 aliphatic carbocycles. The quantitative estimate of drug-likeness (QED) is 0.858. The molecule has 0 unspecified atom stereocenters. The zero-order valence-electron chi connectivity index (χ0n) is 10.4. The molecule has 0 saturated carbocycles. The van der Waals surface area contributed by atoms with Crippen molar-refractivity contribution in [1.82, 2.24) is 4.90 Å². The molecule has 1 aromatic carbocycles. The van der Waals surface area contributed by atoms with Crippen molar-refractivity contribution in [2.24, 2.45) is 5.73 Å². The summed E-state index contributed by atoms with van der Waals surface area (Å²) in [5, 5.41) is 0. The van der Waals surface area contributed by atoms with E-state index >= 15 is 0 Å². The number of carbonyl (C=O) groups is 1. The van der Waals surface area contributed by atoms with Crippen LogP contribution in [-0.2, 0) is 11.2 Å². The van der Waals surface area contributed by atoms with E-state index in [4.69, 9.17) is 5.73 Å². The van der Waals surface area contributed by atoms with Crippen LogP contribution in [0.2, 0.25) is 0 Å². The maximum atomic E-state index is 12.0. The van der Waals surface area contributed by atoms with Gasteiger partial charge in [-0.2, -0.15) is 0 Å². The van der Waals surface area contributed by atoms with Gasteiger partial charge in [-0.3, -0.25) is 4.79 Å². The van der Waals surface area contributed by atoms with E-state index in [0.29, 0.717) is 6.42 Å². The number of nitrogens with two attached hydrogens (primary N) is 1. The molecule has 92 valence electrons. The summed E-state index contributed by atoms with van der Waals surface area (Å²) in [4.78, 5) is 13.9. The zero-order chi connectivity index (χ0) is 12.3. The third-order valence-electron chi connectivity index (χ3n) is 3.31. The Morgan fingerprint density at radius 1 is 1.29 bits per heavy atom. The number of hydrogen-bond donors (Lipinski definition) is 1. The molecule has 3 heteroatoms. The summed E-state index contributed by atoms with van der Waals surface area (Å²) < 4.78 is 0. The average Bonchev–Trinajstić information content (AvgIpc) is 2.84. The standard InChI is InChI=1S/C14H20N2O/c1-11-4-6-12(7-5-11)10-13(15)14(17)16-8-2-3-9-16/h4-7,13H,2-3,8-10,15H2,1H3/t13-/m0/s1. The highest BCUT2D eigenvalue weighted by Gasteiger charge is 2.23. The van der Waals surface area contributed by atoms with Crippen molar-refractivity contribution in [2.45, 2.75) is 32.2 Å². The number of hydrogen-bond acceptors (Lipinski definition) is 2. The van der Waals surface area contributed by atoms with Crippen molar-refractivity contribution in [3.05, 3.63) is 35.4 Å². The van der Waals surface area contributed by atoms with Gasteiger partial charge in [0.05, 0.1) is 6.04 Å². The second-order valence-electron chi connectivity index (χ2n) is 4.83. The van der Waals surface area contributed by atoms with Crippen LogP contribution in [0.15, 0.2) is 24.3 Å². The van der Waals surface area contributed by atoms with Crippen LogP contribution in [0.3, 0.4) is 0 Å². The highest BCUT2D eigenvalue weighted by atomic mass is 16.2. The van der Waals surface area contributed by atoms with Gasteiger partial charge < -0.3 is 10.6 Å². The van der Waals surface area contributed by atoms with Crippen molar-refractivity contribution in [2.75, 3.05) is 13.1 Å². The number of carbonyl (C=O) groups excluding carboxylic acids is 1. The molecule has 1 aliphatic heterocycles. The van der Waals surface area contributed by atoms with Gasteiger partial charge in [0.15, 0.2) is 0 Å². The van der Waals surface area contributed by atoms with E-state index in [1.807, 2.05) is 17.0 Å². The highest BCUT2D eigenvalue weighted by Crippen LogP contribution is 2.11. The fraction of sp³-hybridized carbons (Fsp3) is 0.500. The lowest BCUT2D eigenvalue weighted by Gasteiger charge is -2.20. The molecule has 0 aromatic heterocycles. The van der Waals surface area contributed by atoms with Crippen LogP contribution in [0, 0.1) is 6.92 Å². The molecule has 1 atom stereocenters. The van der Waals surface area contributed by atoms with Crippen LogP contribution in [0.5, 0.6) is 0 Å². The first-order valence-corrected chi connectivity index (χ1v) is 6.27. The molecule has 1 saturated heterocycles. The monoisotopic (exact) mass is 232 g/mol. The van der Waals surface area contributed by atoms with Crippen molar-refractivity contribution < 1.29 is 4.79 Å². The maximum absolute atomic E-state index is 12.0. The number of nitrogens with zero attached hydrogens (tertiary/aromatic N) is 1. The second kappa shape index (κ2) is 5.32. The SMILES string of the molecule is Cc1ccc(C[C@H](N)C(=O)N2CCCC2)cc1. The molecule has 1 heterocycles. The molecular formula is C14H20N2O. The molecule has 2 rings (SSSR count). The molecule has 1 aliphatic rings. The second-order valence-corrected chi connectivity index (χ2v) is 4.83. The van der Waals surface area contributed by atoms with Crippen molar-refractivity contribution in [1.29, 1.82) is 0 Å². The van der Waals surface area contributed by atoms with E-state index in [2.05, 4.69) is 19.1 Å². The lowest BCUT2D eigenvalue weighted by Crippen LogP contribution is -2.43. The molecule has 0 radical (unpaired) electrons. The molecular weight excluding hydrogens is 212 g/mol. The van der Waals surface area contributed by atoms with Gasteiger partial charge in [0.1, 0.15) is 0 Å². The van der Waals surface area contributed by atoms with Crippen molar-refractivity contribution >= 4 is 5.91 Å². The Hall–Kier alpha value is -1.35. The maximum Gasteiger partial charge on any atom is 0.239 e. The van der Waals surface area contributed by atoms with E-state index in [1.54, 1.807) is 0 Å². The first-order chi connectivity index (χ1) is 8.16. The third kappa shape index (κ3) is 3.07. The van der Waals surface area contributed by atoms with Crippen LogP contribution in [-0.4, -0.2) is 29.9 Å². The molecule has 1 amide bonds. The Kier molecular flexibility index (Phi) is 3.79. The molecule has 0 bridgehead atoms. The predicted octanol–water partition coefficient (Wildman–Crippen LogP) is 1.49. The van der Waals surface area contributed by atoms with E-state index < -0.39 is 6.04 Å². The van der Waals surface area contributed by atoms with E-state index in [-0.39, 0.29) is 5.91 Å². The topological polar surface area (TPSA) is 46.3 Å². The van der Waals surface area contributed by atoms with E-state index in [9.17, 15) is 4.79 Å². The number of amides is 1. The summed E-state index contributed by atoms with van der Waals surface area (Å²) in [5.74, 6) is 0.100. The zero-order valence-corrected chi connectivity index (χ0v) is 10.4. The Bertz CT molecular complexity index is 380. The number of aryl methyl sites for hydroxylation is 1. The summed E-state index contributed by atoms with van der Waals surface area (Å²) in [6.07, 6.45) is 2.86. The molecule has 1 aromatic rings. The minimum Gasteiger partial charge on any atom is -0.341 e. The number of rotatable bonds is 3. The van der Waals surface area contributed by atoms with Crippen LogP contribution in [0.4, 0.5) is 0 Å². The molecule has 1 fully saturated rings. The Morgan fingerprint density at radius 2 is 1.88 bits per heavy atom. The Labute approximate surface area is 103 Å². The summed E-state index contributed by atoms with van der Waals surface area (Å²) >= 11 is 0. The minimum absolute atomic E-state index is 0.100. The normalized spacial score (nSPS) is 17.2. The summed E-state index contributed by atoms with van der Waals surface area (Å²) in [7, 11) is 0. The average molecular weight is 232 g/mol. The molecule has 3 nitrogen and oxygen atoms in total. The van der Waals surface area contributed by atoms with Gasteiger partial charge >= 0.3 is 0 Å². The summed E-state index contributed by atoms with van der Waals surface area (Å²) in [5.41, 5.74) is 8.34. The summed E-state index contributed by atoms with van der Waals surface area (Å²) in [6, 6.07) is 7.82. The van der Waals surface area contributed by atoms with Gasteiger partial charge in [0, 0.05) is 13.1 Å². The van der Waals surface area contributed by atoms with Crippen LogP contribution >= 0.6 is 0 Å². The highest BCUT2D eigenvalue weighted by molar-refractivity contribution is 5.82. The fourth-order valence-electron chi connectivity index (χ4n) is 2.24. The van der Waals surface area contributed by atoms with E-state index in [1.165, 1.54) is 5.56 Å². The van der Waals surface area contributed by atoms with Gasteiger partial charge in [0.25, 0.3) is 0 Å². The van der Waals surface area contributed by atoms with Crippen LogP contribution in [0.25, 0.3) is 0 Å². The van der Waals surface area contributed by atoms with Gasteiger partial charge in [-0.05, 0) is 31.7 Å². The van der Waals surface area contributed by atoms with Gasteiger partial charge in [-0.1, -0.05) is 29.8 Å². The minimum atomic E-state index is -0.393. The largest absolute Gasteiger partial charge is 0.341 e. The Balaban J connectivity index is 1.93. The van der Waals surface area contributed by atoms with Crippen LogP contribution < -0.4 is 5.73 Å². The van der Waals surface area contributed by atoms with Crippen LogP contribution in [0.1, 0.15) is 24.0 Å². The lowest BCUT2D eigenvalue weighted by atomic mass is 10.0. The molecule has 2 N–H and O–H groups in total. The molecule has 0 spiro atoms. The van der Waals surface area contributed by atoms with Gasteiger partial charge in [0.2, 0.25) is 5.91 Å². The van der Waals surface area contributed by atoms with Gasteiger partial charge in [-0.25, -0.2) is 0 Å². The van der Waals surface area contributed by atoms with Crippen molar-refractivity contribution in [3.8, 4) is 0 Å². The fourth-order valence-corrected chi connectivity index (χ4v) is 2.24. The smallest absolute Gasteiger partial charge is 0.239 e. The number of likely N-dealkylation sites (tertiary alicyclic amines) is 1. The Morgan fingerprint density at radius 3 is 2.47 bits per heavy atom. The molecule has 17 heavy (non-hydrogen) atoms. The summed E-state index contributed by atoms with van der Waals surface area (Å²) in [6.45, 7) is 3.81.